The van der Waals surface area contributed by atoms with Crippen molar-refractivity contribution in [2.45, 2.75) is 25.5 Å². The Hall–Kier alpha value is -0.570. The van der Waals surface area contributed by atoms with Crippen LogP contribution in [0, 0.1) is 0 Å². The van der Waals surface area contributed by atoms with Crippen LogP contribution in [0.25, 0.3) is 0 Å². The van der Waals surface area contributed by atoms with Crippen LogP contribution < -0.4 is 5.32 Å². The standard InChI is InChI=1S/C12H18ClNO/c1-10(15-2)8-14-9-12-5-3-4-11(6-12)7-13/h3-6,10,14H,7-9H2,1-2H3. The van der Waals surface area contributed by atoms with Crippen molar-refractivity contribution >= 4 is 11.6 Å². The minimum absolute atomic E-state index is 0.251. The Morgan fingerprint density at radius 1 is 1.40 bits per heavy atom. The van der Waals surface area contributed by atoms with Crippen LogP contribution in [-0.2, 0) is 17.2 Å². The SMILES string of the molecule is COC(C)CNCc1cccc(CCl)c1. The molecule has 15 heavy (non-hydrogen) atoms. The van der Waals surface area contributed by atoms with Gasteiger partial charge in [0.1, 0.15) is 0 Å². The average molecular weight is 228 g/mol. The molecule has 0 radical (unpaired) electrons. The molecular formula is C12H18ClNO. The van der Waals surface area contributed by atoms with Crippen molar-refractivity contribution in [1.82, 2.24) is 5.32 Å². The highest BCUT2D eigenvalue weighted by molar-refractivity contribution is 6.17. The number of benzene rings is 1. The van der Waals surface area contributed by atoms with Gasteiger partial charge in [-0.2, -0.15) is 0 Å². The number of nitrogens with one attached hydrogen (secondary N) is 1. The van der Waals surface area contributed by atoms with Gasteiger partial charge in [0.15, 0.2) is 0 Å². The molecule has 0 amide bonds. The van der Waals surface area contributed by atoms with Gasteiger partial charge in [0.05, 0.1) is 6.10 Å². The molecule has 1 N–H and O–H groups in total. The number of methoxy groups -OCH3 is 1. The van der Waals surface area contributed by atoms with Crippen LogP contribution in [-0.4, -0.2) is 19.8 Å². The largest absolute Gasteiger partial charge is 0.380 e. The molecule has 0 fully saturated rings. The number of rotatable bonds is 6. The van der Waals surface area contributed by atoms with Gasteiger partial charge in [-0.3, -0.25) is 0 Å². The summed E-state index contributed by atoms with van der Waals surface area (Å²) >= 11 is 5.77. The van der Waals surface area contributed by atoms with Crippen LogP contribution in [0.4, 0.5) is 0 Å². The molecule has 0 bridgehead atoms. The second-order valence-electron chi connectivity index (χ2n) is 3.63. The van der Waals surface area contributed by atoms with E-state index in [1.165, 1.54) is 5.56 Å². The Bertz CT molecular complexity index is 291. The lowest BCUT2D eigenvalue weighted by Gasteiger charge is -2.10. The fraction of sp³-hybridized carbons (Fsp3) is 0.500. The van der Waals surface area contributed by atoms with Gasteiger partial charge < -0.3 is 10.1 Å². The van der Waals surface area contributed by atoms with Crippen molar-refractivity contribution in [2.24, 2.45) is 0 Å². The quantitative estimate of drug-likeness (QED) is 0.755. The first-order chi connectivity index (χ1) is 7.26. The zero-order chi connectivity index (χ0) is 11.1. The highest BCUT2D eigenvalue weighted by Gasteiger charge is 1.99. The Balaban J connectivity index is 2.37. The lowest BCUT2D eigenvalue weighted by atomic mass is 10.1. The highest BCUT2D eigenvalue weighted by Crippen LogP contribution is 2.07. The lowest BCUT2D eigenvalue weighted by molar-refractivity contribution is 0.117. The predicted octanol–water partition coefficient (Wildman–Crippen LogP) is 2.55. The molecular weight excluding hydrogens is 210 g/mol. The van der Waals surface area contributed by atoms with E-state index >= 15 is 0 Å². The fourth-order valence-electron chi connectivity index (χ4n) is 1.33. The zero-order valence-corrected chi connectivity index (χ0v) is 10.1. The molecule has 1 atom stereocenters. The van der Waals surface area contributed by atoms with Crippen LogP contribution >= 0.6 is 11.6 Å². The first-order valence-electron chi connectivity index (χ1n) is 5.13. The normalized spacial score (nSPS) is 12.7. The molecule has 0 saturated heterocycles. The lowest BCUT2D eigenvalue weighted by Crippen LogP contribution is -2.25. The summed E-state index contributed by atoms with van der Waals surface area (Å²) in [5.41, 5.74) is 2.42. The summed E-state index contributed by atoms with van der Waals surface area (Å²) in [4.78, 5) is 0. The van der Waals surface area contributed by atoms with E-state index in [0.717, 1.165) is 18.7 Å². The number of hydrogen-bond acceptors (Lipinski definition) is 2. The number of halogens is 1. The van der Waals surface area contributed by atoms with E-state index in [1.54, 1.807) is 7.11 Å². The van der Waals surface area contributed by atoms with Crippen LogP contribution in [0.2, 0.25) is 0 Å². The monoisotopic (exact) mass is 227 g/mol. The van der Waals surface area contributed by atoms with Gasteiger partial charge in [0, 0.05) is 26.1 Å². The molecule has 1 aromatic carbocycles. The van der Waals surface area contributed by atoms with Gasteiger partial charge in [-0.05, 0) is 18.1 Å². The fourth-order valence-corrected chi connectivity index (χ4v) is 1.49. The molecule has 0 aromatic heterocycles. The molecule has 3 heteroatoms. The summed E-state index contributed by atoms with van der Waals surface area (Å²) in [6.45, 7) is 3.77. The van der Waals surface area contributed by atoms with Crippen molar-refractivity contribution in [3.05, 3.63) is 35.4 Å². The van der Waals surface area contributed by atoms with Gasteiger partial charge in [0.2, 0.25) is 0 Å². The number of ether oxygens (including phenoxy) is 1. The third-order valence-corrected chi connectivity index (χ3v) is 2.62. The summed E-state index contributed by atoms with van der Waals surface area (Å²) in [7, 11) is 1.72. The summed E-state index contributed by atoms with van der Waals surface area (Å²) in [6.07, 6.45) is 0.251. The molecule has 0 aliphatic heterocycles. The van der Waals surface area contributed by atoms with Gasteiger partial charge in [0.25, 0.3) is 0 Å². The summed E-state index contributed by atoms with van der Waals surface area (Å²) < 4.78 is 5.15. The molecule has 0 saturated carbocycles. The van der Waals surface area contributed by atoms with E-state index in [9.17, 15) is 0 Å². The van der Waals surface area contributed by atoms with E-state index in [-0.39, 0.29) is 6.10 Å². The van der Waals surface area contributed by atoms with Gasteiger partial charge >= 0.3 is 0 Å². The van der Waals surface area contributed by atoms with E-state index in [2.05, 4.69) is 17.4 Å². The van der Waals surface area contributed by atoms with Crippen molar-refractivity contribution in [2.75, 3.05) is 13.7 Å². The van der Waals surface area contributed by atoms with E-state index < -0.39 is 0 Å². The maximum absolute atomic E-state index is 5.77. The third-order valence-electron chi connectivity index (χ3n) is 2.31. The Morgan fingerprint density at radius 2 is 2.13 bits per heavy atom. The maximum Gasteiger partial charge on any atom is 0.0667 e. The maximum atomic E-state index is 5.77. The predicted molar refractivity (Wildman–Crippen MR) is 64.2 cm³/mol. The third kappa shape index (κ3) is 4.65. The van der Waals surface area contributed by atoms with Crippen molar-refractivity contribution < 1.29 is 4.74 Å². The Morgan fingerprint density at radius 3 is 2.80 bits per heavy atom. The van der Waals surface area contributed by atoms with Gasteiger partial charge in [-0.15, -0.1) is 11.6 Å². The van der Waals surface area contributed by atoms with Gasteiger partial charge in [-0.25, -0.2) is 0 Å². The molecule has 0 aliphatic rings. The minimum Gasteiger partial charge on any atom is -0.380 e. The summed E-state index contributed by atoms with van der Waals surface area (Å²) in [6, 6.07) is 8.29. The van der Waals surface area contributed by atoms with Gasteiger partial charge in [-0.1, -0.05) is 24.3 Å². The summed E-state index contributed by atoms with van der Waals surface area (Å²) in [5.74, 6) is 0.572. The van der Waals surface area contributed by atoms with Crippen LogP contribution in [0.15, 0.2) is 24.3 Å². The number of alkyl halides is 1. The van der Waals surface area contributed by atoms with E-state index in [4.69, 9.17) is 16.3 Å². The molecule has 0 heterocycles. The zero-order valence-electron chi connectivity index (χ0n) is 9.29. The van der Waals surface area contributed by atoms with Crippen molar-refractivity contribution in [3.63, 3.8) is 0 Å². The van der Waals surface area contributed by atoms with E-state index in [1.807, 2.05) is 19.1 Å². The number of hydrogen-bond donors (Lipinski definition) is 1. The highest BCUT2D eigenvalue weighted by atomic mass is 35.5. The first-order valence-corrected chi connectivity index (χ1v) is 5.67. The first kappa shape index (κ1) is 12.5. The molecule has 0 spiro atoms. The molecule has 2 nitrogen and oxygen atoms in total. The average Bonchev–Trinajstić information content (AvgIpc) is 2.29. The molecule has 1 aromatic rings. The topological polar surface area (TPSA) is 21.3 Å². The Labute approximate surface area is 96.6 Å². The smallest absolute Gasteiger partial charge is 0.0667 e. The molecule has 84 valence electrons. The van der Waals surface area contributed by atoms with Crippen molar-refractivity contribution in [3.8, 4) is 0 Å². The van der Waals surface area contributed by atoms with Crippen LogP contribution in [0.5, 0.6) is 0 Å². The van der Waals surface area contributed by atoms with Crippen molar-refractivity contribution in [1.29, 1.82) is 0 Å². The second-order valence-corrected chi connectivity index (χ2v) is 3.90. The molecule has 1 rings (SSSR count). The summed E-state index contributed by atoms with van der Waals surface area (Å²) in [5, 5.41) is 3.34. The Kier molecular flexibility index (Phi) is 5.69. The van der Waals surface area contributed by atoms with Crippen LogP contribution in [0.3, 0.4) is 0 Å². The second kappa shape index (κ2) is 6.83. The minimum atomic E-state index is 0.251. The molecule has 1 unspecified atom stereocenters. The molecule has 0 aliphatic carbocycles. The van der Waals surface area contributed by atoms with E-state index in [0.29, 0.717) is 5.88 Å². The van der Waals surface area contributed by atoms with Crippen LogP contribution in [0.1, 0.15) is 18.1 Å².